The van der Waals surface area contributed by atoms with Crippen molar-refractivity contribution in [1.82, 2.24) is 10.5 Å². The summed E-state index contributed by atoms with van der Waals surface area (Å²) in [5.74, 6) is 0.498. The zero-order chi connectivity index (χ0) is 14.7. The highest BCUT2D eigenvalue weighted by Gasteiger charge is 2.25. The Morgan fingerprint density at radius 2 is 2.05 bits per heavy atom. The molecule has 20 heavy (non-hydrogen) atoms. The van der Waals surface area contributed by atoms with Crippen molar-refractivity contribution in [3.63, 3.8) is 0 Å². The SMILES string of the molecule is CNC(=O)c1c(-c2ccc(OC)cc2)noc1[C@H](C)O. The van der Waals surface area contributed by atoms with Gasteiger partial charge in [0.2, 0.25) is 0 Å². The van der Waals surface area contributed by atoms with Gasteiger partial charge in [0.05, 0.1) is 7.11 Å². The molecule has 2 rings (SSSR count). The summed E-state index contributed by atoms with van der Waals surface area (Å²) in [5, 5.41) is 16.1. The molecule has 0 radical (unpaired) electrons. The van der Waals surface area contributed by atoms with Crippen LogP contribution in [0.3, 0.4) is 0 Å². The summed E-state index contributed by atoms with van der Waals surface area (Å²) in [6.07, 6.45) is -0.915. The van der Waals surface area contributed by atoms with Gasteiger partial charge in [0.25, 0.3) is 5.91 Å². The quantitative estimate of drug-likeness (QED) is 0.889. The second-order valence-electron chi connectivity index (χ2n) is 4.25. The van der Waals surface area contributed by atoms with Crippen molar-refractivity contribution in [2.75, 3.05) is 14.2 Å². The fourth-order valence-electron chi connectivity index (χ4n) is 1.88. The molecule has 1 aromatic heterocycles. The maximum Gasteiger partial charge on any atom is 0.257 e. The first kappa shape index (κ1) is 14.1. The summed E-state index contributed by atoms with van der Waals surface area (Å²) in [6, 6.07) is 7.07. The second-order valence-corrected chi connectivity index (χ2v) is 4.25. The summed E-state index contributed by atoms with van der Waals surface area (Å²) in [4.78, 5) is 12.0. The van der Waals surface area contributed by atoms with Crippen LogP contribution in [0.1, 0.15) is 29.1 Å². The lowest BCUT2D eigenvalue weighted by Crippen LogP contribution is -2.20. The Balaban J connectivity index is 2.52. The molecule has 2 N–H and O–H groups in total. The summed E-state index contributed by atoms with van der Waals surface area (Å²) >= 11 is 0. The lowest BCUT2D eigenvalue weighted by Gasteiger charge is -2.05. The van der Waals surface area contributed by atoms with E-state index in [1.165, 1.54) is 14.0 Å². The summed E-state index contributed by atoms with van der Waals surface area (Å²) in [7, 11) is 3.09. The van der Waals surface area contributed by atoms with Crippen molar-refractivity contribution in [1.29, 1.82) is 0 Å². The molecule has 0 saturated heterocycles. The Morgan fingerprint density at radius 1 is 1.40 bits per heavy atom. The van der Waals surface area contributed by atoms with E-state index in [1.54, 1.807) is 31.4 Å². The second kappa shape index (κ2) is 5.75. The van der Waals surface area contributed by atoms with Gasteiger partial charge in [0.15, 0.2) is 5.76 Å². The number of amides is 1. The molecule has 0 bridgehead atoms. The smallest absolute Gasteiger partial charge is 0.257 e. The van der Waals surface area contributed by atoms with Crippen LogP contribution in [-0.4, -0.2) is 30.3 Å². The number of aliphatic hydroxyl groups is 1. The lowest BCUT2D eigenvalue weighted by atomic mass is 10.0. The number of aliphatic hydroxyl groups excluding tert-OH is 1. The first-order chi connectivity index (χ1) is 9.58. The van der Waals surface area contributed by atoms with E-state index in [4.69, 9.17) is 9.26 Å². The number of aromatic nitrogens is 1. The maximum absolute atomic E-state index is 12.0. The molecular weight excluding hydrogens is 260 g/mol. The molecular formula is C14H16N2O4. The zero-order valence-electron chi connectivity index (χ0n) is 11.5. The number of methoxy groups -OCH3 is 1. The largest absolute Gasteiger partial charge is 0.497 e. The number of benzene rings is 1. The van der Waals surface area contributed by atoms with E-state index in [2.05, 4.69) is 10.5 Å². The van der Waals surface area contributed by atoms with Crippen molar-refractivity contribution in [2.24, 2.45) is 0 Å². The van der Waals surface area contributed by atoms with Gasteiger partial charge in [-0.2, -0.15) is 0 Å². The predicted octanol–water partition coefficient (Wildman–Crippen LogP) is 1.76. The molecule has 0 saturated carbocycles. The average Bonchev–Trinajstić information content (AvgIpc) is 2.91. The van der Waals surface area contributed by atoms with Crippen molar-refractivity contribution in [2.45, 2.75) is 13.0 Å². The van der Waals surface area contributed by atoms with Gasteiger partial charge in [-0.05, 0) is 31.2 Å². The van der Waals surface area contributed by atoms with Crippen LogP contribution in [0.2, 0.25) is 0 Å². The van der Waals surface area contributed by atoms with Gasteiger partial charge in [-0.25, -0.2) is 0 Å². The minimum atomic E-state index is -0.915. The van der Waals surface area contributed by atoms with E-state index in [0.29, 0.717) is 17.0 Å². The third kappa shape index (κ3) is 2.50. The maximum atomic E-state index is 12.0. The van der Waals surface area contributed by atoms with Crippen molar-refractivity contribution < 1.29 is 19.2 Å². The van der Waals surface area contributed by atoms with Crippen LogP contribution in [0.25, 0.3) is 11.3 Å². The zero-order valence-corrected chi connectivity index (χ0v) is 11.5. The molecule has 6 heteroatoms. The lowest BCUT2D eigenvalue weighted by molar-refractivity contribution is 0.0950. The number of hydrogen-bond acceptors (Lipinski definition) is 5. The van der Waals surface area contributed by atoms with Gasteiger partial charge < -0.3 is 19.7 Å². The first-order valence-corrected chi connectivity index (χ1v) is 6.12. The van der Waals surface area contributed by atoms with Crippen LogP contribution in [0, 0.1) is 0 Å². The number of rotatable bonds is 4. The Kier molecular flexibility index (Phi) is 4.05. The molecule has 1 aromatic carbocycles. The summed E-state index contributed by atoms with van der Waals surface area (Å²) < 4.78 is 10.2. The van der Waals surface area contributed by atoms with Gasteiger partial charge in [-0.15, -0.1) is 0 Å². The first-order valence-electron chi connectivity index (χ1n) is 6.12. The van der Waals surface area contributed by atoms with Crippen LogP contribution >= 0.6 is 0 Å². The number of hydrogen-bond donors (Lipinski definition) is 2. The third-order valence-electron chi connectivity index (χ3n) is 2.92. The minimum absolute atomic E-state index is 0.148. The molecule has 0 aliphatic heterocycles. The fourth-order valence-corrected chi connectivity index (χ4v) is 1.88. The molecule has 0 unspecified atom stereocenters. The Morgan fingerprint density at radius 3 is 2.55 bits per heavy atom. The molecule has 0 fully saturated rings. The van der Waals surface area contributed by atoms with Crippen LogP contribution in [0.15, 0.2) is 28.8 Å². The number of carbonyl (C=O) groups excluding carboxylic acids is 1. The van der Waals surface area contributed by atoms with E-state index in [0.717, 1.165) is 0 Å². The molecule has 0 aliphatic carbocycles. The highest BCUT2D eigenvalue weighted by atomic mass is 16.5. The Bertz CT molecular complexity index is 602. The number of nitrogens with zero attached hydrogens (tertiary/aromatic N) is 1. The standard InChI is InChI=1S/C14H16N2O4/c1-8(17)13-11(14(18)15-2)12(16-20-13)9-4-6-10(19-3)7-5-9/h4-8,17H,1-3H3,(H,15,18)/t8-/m0/s1. The number of nitrogens with one attached hydrogen (secondary N) is 1. The molecule has 0 spiro atoms. The molecule has 1 amide bonds. The Hall–Kier alpha value is -2.34. The molecule has 2 aromatic rings. The van der Waals surface area contributed by atoms with Crippen LogP contribution in [0.4, 0.5) is 0 Å². The topological polar surface area (TPSA) is 84.6 Å². The van der Waals surface area contributed by atoms with Gasteiger partial charge in [-0.1, -0.05) is 5.16 Å². The van der Waals surface area contributed by atoms with Crippen LogP contribution in [0.5, 0.6) is 5.75 Å². The van der Waals surface area contributed by atoms with Gasteiger partial charge in [0, 0.05) is 12.6 Å². The fraction of sp³-hybridized carbons (Fsp3) is 0.286. The normalized spacial score (nSPS) is 12.0. The van der Waals surface area contributed by atoms with E-state index in [1.807, 2.05) is 0 Å². The van der Waals surface area contributed by atoms with Gasteiger partial charge in [0.1, 0.15) is 23.1 Å². The van der Waals surface area contributed by atoms with E-state index in [9.17, 15) is 9.90 Å². The predicted molar refractivity (Wildman–Crippen MR) is 72.5 cm³/mol. The minimum Gasteiger partial charge on any atom is -0.497 e. The van der Waals surface area contributed by atoms with Gasteiger partial charge in [-0.3, -0.25) is 4.79 Å². The third-order valence-corrected chi connectivity index (χ3v) is 2.92. The van der Waals surface area contributed by atoms with E-state index in [-0.39, 0.29) is 17.2 Å². The Labute approximate surface area is 116 Å². The molecule has 1 atom stereocenters. The number of ether oxygens (including phenoxy) is 1. The van der Waals surface area contributed by atoms with Crippen LogP contribution < -0.4 is 10.1 Å². The monoisotopic (exact) mass is 276 g/mol. The summed E-state index contributed by atoms with van der Waals surface area (Å²) in [6.45, 7) is 1.52. The highest BCUT2D eigenvalue weighted by molar-refractivity contribution is 6.00. The molecule has 106 valence electrons. The van der Waals surface area contributed by atoms with E-state index >= 15 is 0 Å². The molecule has 1 heterocycles. The van der Waals surface area contributed by atoms with Crippen LogP contribution in [-0.2, 0) is 0 Å². The van der Waals surface area contributed by atoms with Gasteiger partial charge >= 0.3 is 0 Å². The summed E-state index contributed by atoms with van der Waals surface area (Å²) in [5.41, 5.74) is 1.34. The highest BCUT2D eigenvalue weighted by Crippen LogP contribution is 2.30. The van der Waals surface area contributed by atoms with E-state index < -0.39 is 6.10 Å². The molecule has 6 nitrogen and oxygen atoms in total. The van der Waals surface area contributed by atoms with Crippen molar-refractivity contribution >= 4 is 5.91 Å². The molecule has 0 aliphatic rings. The van der Waals surface area contributed by atoms with Crippen molar-refractivity contribution in [3.05, 3.63) is 35.6 Å². The average molecular weight is 276 g/mol. The number of carbonyl (C=O) groups is 1. The van der Waals surface area contributed by atoms with Crippen molar-refractivity contribution in [3.8, 4) is 17.0 Å².